The molecule has 0 fully saturated rings. The van der Waals surface area contributed by atoms with E-state index >= 15 is 0 Å². The van der Waals surface area contributed by atoms with Crippen molar-refractivity contribution in [2.75, 3.05) is 26.1 Å². The highest BCUT2D eigenvalue weighted by Crippen LogP contribution is 2.30. The molecule has 2 aromatic rings. The maximum absolute atomic E-state index is 12.0. The van der Waals surface area contributed by atoms with Gasteiger partial charge in [-0.3, -0.25) is 4.79 Å². The molecule has 0 aliphatic rings. The summed E-state index contributed by atoms with van der Waals surface area (Å²) in [6.45, 7) is -0.213. The fourth-order valence-corrected chi connectivity index (χ4v) is 2.15. The van der Waals surface area contributed by atoms with Crippen molar-refractivity contribution in [2.24, 2.45) is 0 Å². The molecule has 0 saturated carbocycles. The van der Waals surface area contributed by atoms with Crippen LogP contribution in [-0.2, 0) is 4.79 Å². The van der Waals surface area contributed by atoms with Gasteiger partial charge in [-0.25, -0.2) is 0 Å². The summed E-state index contributed by atoms with van der Waals surface area (Å²) < 4.78 is 15.7. The minimum Gasteiger partial charge on any atom is -0.497 e. The van der Waals surface area contributed by atoms with Crippen LogP contribution >= 0.6 is 23.2 Å². The van der Waals surface area contributed by atoms with Crippen molar-refractivity contribution in [3.05, 3.63) is 46.4 Å². The van der Waals surface area contributed by atoms with Crippen molar-refractivity contribution in [1.82, 2.24) is 0 Å². The Morgan fingerprint density at radius 1 is 1.04 bits per heavy atom. The first-order chi connectivity index (χ1) is 11.0. The molecule has 0 saturated heterocycles. The van der Waals surface area contributed by atoms with Gasteiger partial charge < -0.3 is 19.5 Å². The second-order valence-corrected chi connectivity index (χ2v) is 5.32. The van der Waals surface area contributed by atoms with E-state index in [1.807, 2.05) is 0 Å². The molecule has 0 spiro atoms. The number of nitrogens with one attached hydrogen (secondary N) is 1. The van der Waals surface area contributed by atoms with Gasteiger partial charge in [0.25, 0.3) is 5.91 Å². The van der Waals surface area contributed by atoms with Gasteiger partial charge in [0.05, 0.1) is 24.9 Å². The quantitative estimate of drug-likeness (QED) is 0.849. The Bertz CT molecular complexity index is 706. The number of carbonyl (C=O) groups excluding carboxylic acids is 1. The molecule has 0 radical (unpaired) electrons. The van der Waals surface area contributed by atoms with Gasteiger partial charge in [-0.15, -0.1) is 0 Å². The van der Waals surface area contributed by atoms with Crippen LogP contribution in [0.4, 0.5) is 5.69 Å². The first kappa shape index (κ1) is 17.2. The average Bonchev–Trinajstić information content (AvgIpc) is 2.56. The first-order valence-electron chi connectivity index (χ1n) is 6.63. The summed E-state index contributed by atoms with van der Waals surface area (Å²) in [5, 5.41) is 3.55. The highest BCUT2D eigenvalue weighted by molar-refractivity contribution is 6.34. The largest absolute Gasteiger partial charge is 0.497 e. The van der Waals surface area contributed by atoms with Crippen LogP contribution in [0.15, 0.2) is 36.4 Å². The number of benzene rings is 2. The molecule has 0 heterocycles. The van der Waals surface area contributed by atoms with E-state index in [-0.39, 0.29) is 12.5 Å². The third-order valence-corrected chi connectivity index (χ3v) is 3.48. The molecule has 0 aliphatic heterocycles. The lowest BCUT2D eigenvalue weighted by Crippen LogP contribution is -2.20. The van der Waals surface area contributed by atoms with E-state index in [0.717, 1.165) is 0 Å². The number of hydrogen-bond acceptors (Lipinski definition) is 4. The maximum atomic E-state index is 12.0. The summed E-state index contributed by atoms with van der Waals surface area (Å²) >= 11 is 11.8. The summed E-state index contributed by atoms with van der Waals surface area (Å²) in [4.78, 5) is 12.0. The molecule has 5 nitrogen and oxygen atoms in total. The van der Waals surface area contributed by atoms with Crippen LogP contribution in [0.2, 0.25) is 10.0 Å². The van der Waals surface area contributed by atoms with Crippen molar-refractivity contribution >= 4 is 34.8 Å². The summed E-state index contributed by atoms with van der Waals surface area (Å²) in [7, 11) is 3.06. The van der Waals surface area contributed by atoms with Gasteiger partial charge in [0.1, 0.15) is 17.2 Å². The van der Waals surface area contributed by atoms with Crippen molar-refractivity contribution in [3.8, 4) is 17.2 Å². The maximum Gasteiger partial charge on any atom is 0.262 e. The Labute approximate surface area is 144 Å². The highest BCUT2D eigenvalue weighted by Gasteiger charge is 2.11. The molecule has 23 heavy (non-hydrogen) atoms. The zero-order chi connectivity index (χ0) is 16.8. The van der Waals surface area contributed by atoms with Crippen LogP contribution in [0.5, 0.6) is 17.2 Å². The number of halogens is 2. The molecular formula is C16H15Cl2NO4. The van der Waals surface area contributed by atoms with Crippen molar-refractivity contribution in [1.29, 1.82) is 0 Å². The molecule has 122 valence electrons. The van der Waals surface area contributed by atoms with E-state index in [1.54, 1.807) is 43.5 Å². The zero-order valence-corrected chi connectivity index (χ0v) is 14.1. The Kier molecular flexibility index (Phi) is 5.96. The third-order valence-electron chi connectivity index (χ3n) is 2.93. The van der Waals surface area contributed by atoms with Gasteiger partial charge in [0.2, 0.25) is 0 Å². The average molecular weight is 356 g/mol. The number of rotatable bonds is 6. The summed E-state index contributed by atoms with van der Waals surface area (Å²) in [5.41, 5.74) is 0.513. The summed E-state index contributed by atoms with van der Waals surface area (Å²) in [5.74, 6) is 1.10. The lowest BCUT2D eigenvalue weighted by molar-refractivity contribution is -0.118. The van der Waals surface area contributed by atoms with E-state index < -0.39 is 0 Å². The standard InChI is InChI=1S/C16H15Cl2NO4/c1-21-11-4-6-13(15(8-11)22-2)19-16(20)9-23-14-7-10(17)3-5-12(14)18/h3-8H,9H2,1-2H3,(H,19,20). The summed E-state index contributed by atoms with van der Waals surface area (Å²) in [6, 6.07) is 9.85. The smallest absolute Gasteiger partial charge is 0.262 e. The Morgan fingerprint density at radius 3 is 2.52 bits per heavy atom. The SMILES string of the molecule is COc1ccc(NC(=O)COc2cc(Cl)ccc2Cl)c(OC)c1. The lowest BCUT2D eigenvalue weighted by atomic mass is 10.2. The van der Waals surface area contributed by atoms with Crippen LogP contribution in [0.25, 0.3) is 0 Å². The van der Waals surface area contributed by atoms with E-state index in [1.165, 1.54) is 7.11 Å². The normalized spacial score (nSPS) is 10.1. The zero-order valence-electron chi connectivity index (χ0n) is 12.6. The number of anilines is 1. The monoisotopic (exact) mass is 355 g/mol. The van der Waals surface area contributed by atoms with E-state index in [2.05, 4.69) is 5.32 Å². The molecule has 1 amide bonds. The predicted octanol–water partition coefficient (Wildman–Crippen LogP) is 4.03. The minimum atomic E-state index is -0.357. The van der Waals surface area contributed by atoms with Gasteiger partial charge in [-0.05, 0) is 24.3 Å². The Balaban J connectivity index is 2.01. The Morgan fingerprint density at radius 2 is 1.83 bits per heavy atom. The van der Waals surface area contributed by atoms with Crippen molar-refractivity contribution in [3.63, 3.8) is 0 Å². The predicted molar refractivity (Wildman–Crippen MR) is 90.1 cm³/mol. The molecule has 7 heteroatoms. The van der Waals surface area contributed by atoms with Crippen LogP contribution in [0.3, 0.4) is 0 Å². The molecule has 0 atom stereocenters. The molecule has 2 aromatic carbocycles. The molecule has 0 aliphatic carbocycles. The second kappa shape index (κ2) is 7.94. The molecule has 1 N–H and O–H groups in total. The van der Waals surface area contributed by atoms with Gasteiger partial charge in [-0.2, -0.15) is 0 Å². The minimum absolute atomic E-state index is 0.213. The van der Waals surface area contributed by atoms with Gasteiger partial charge in [0.15, 0.2) is 6.61 Å². The van der Waals surface area contributed by atoms with Gasteiger partial charge in [0, 0.05) is 17.2 Å². The Hall–Kier alpha value is -2.11. The second-order valence-electron chi connectivity index (χ2n) is 4.48. The number of hydrogen-bond donors (Lipinski definition) is 1. The summed E-state index contributed by atoms with van der Waals surface area (Å²) in [6.07, 6.45) is 0. The van der Waals surface area contributed by atoms with E-state index in [0.29, 0.717) is 33.0 Å². The fraction of sp³-hybridized carbons (Fsp3) is 0.188. The fourth-order valence-electron chi connectivity index (χ4n) is 1.82. The lowest BCUT2D eigenvalue weighted by Gasteiger charge is -2.12. The van der Waals surface area contributed by atoms with Gasteiger partial charge >= 0.3 is 0 Å². The molecule has 0 aromatic heterocycles. The number of methoxy groups -OCH3 is 2. The van der Waals surface area contributed by atoms with Crippen molar-refractivity contribution in [2.45, 2.75) is 0 Å². The van der Waals surface area contributed by atoms with Crippen LogP contribution in [0.1, 0.15) is 0 Å². The van der Waals surface area contributed by atoms with Crippen molar-refractivity contribution < 1.29 is 19.0 Å². The first-order valence-corrected chi connectivity index (χ1v) is 7.39. The number of ether oxygens (including phenoxy) is 3. The number of amides is 1. The molecule has 0 bridgehead atoms. The molecule has 0 unspecified atom stereocenters. The topological polar surface area (TPSA) is 56.8 Å². The van der Waals surface area contributed by atoms with Crippen LogP contribution < -0.4 is 19.5 Å². The third kappa shape index (κ3) is 4.68. The van der Waals surface area contributed by atoms with E-state index in [9.17, 15) is 4.79 Å². The van der Waals surface area contributed by atoms with Crippen LogP contribution in [0, 0.1) is 0 Å². The van der Waals surface area contributed by atoms with Crippen LogP contribution in [-0.4, -0.2) is 26.7 Å². The van der Waals surface area contributed by atoms with Gasteiger partial charge in [-0.1, -0.05) is 23.2 Å². The molecule has 2 rings (SSSR count). The van der Waals surface area contributed by atoms with E-state index in [4.69, 9.17) is 37.4 Å². The molecular weight excluding hydrogens is 341 g/mol. The number of carbonyl (C=O) groups is 1. The highest BCUT2D eigenvalue weighted by atomic mass is 35.5.